The van der Waals surface area contributed by atoms with Crippen LogP contribution in [0.25, 0.3) is 0 Å². The Labute approximate surface area is 188 Å². The van der Waals surface area contributed by atoms with E-state index < -0.39 is 6.10 Å². The number of amides is 2. The summed E-state index contributed by atoms with van der Waals surface area (Å²) in [6.07, 6.45) is 2.56. The third-order valence-electron chi connectivity index (χ3n) is 5.82. The molecule has 0 bridgehead atoms. The van der Waals surface area contributed by atoms with E-state index in [0.717, 1.165) is 38.0 Å². The van der Waals surface area contributed by atoms with Crippen molar-refractivity contribution in [1.82, 2.24) is 4.90 Å². The number of carbonyl (C=O) groups excluding carboxylic acids is 2. The van der Waals surface area contributed by atoms with Crippen LogP contribution in [0.5, 0.6) is 17.2 Å². The number of carbonyl (C=O) groups is 2. The second-order valence-electron chi connectivity index (χ2n) is 7.96. The molecule has 8 heteroatoms. The van der Waals surface area contributed by atoms with Crippen LogP contribution in [0.3, 0.4) is 0 Å². The van der Waals surface area contributed by atoms with E-state index >= 15 is 0 Å². The fraction of sp³-hybridized carbons (Fsp3) is 0.417. The van der Waals surface area contributed by atoms with Gasteiger partial charge in [0, 0.05) is 19.2 Å². The normalized spacial score (nSPS) is 17.8. The summed E-state index contributed by atoms with van der Waals surface area (Å²) in [7, 11) is 3.12. The van der Waals surface area contributed by atoms with Gasteiger partial charge in [-0.05, 0) is 43.5 Å². The van der Waals surface area contributed by atoms with Crippen molar-refractivity contribution in [2.24, 2.45) is 0 Å². The van der Waals surface area contributed by atoms with Crippen LogP contribution >= 0.6 is 0 Å². The van der Waals surface area contributed by atoms with Gasteiger partial charge in [0.25, 0.3) is 5.91 Å². The largest absolute Gasteiger partial charge is 0.497 e. The SMILES string of the molecule is COc1ccc(NC(=O)CN2C[C@H](C(=O)N3CCCCC3)Oc3ccccc32)c(OC)c1. The zero-order chi connectivity index (χ0) is 22.5. The van der Waals surface area contributed by atoms with E-state index in [1.165, 1.54) is 0 Å². The summed E-state index contributed by atoms with van der Waals surface area (Å²) in [5.41, 5.74) is 1.35. The third-order valence-corrected chi connectivity index (χ3v) is 5.82. The van der Waals surface area contributed by atoms with E-state index in [1.54, 1.807) is 32.4 Å². The van der Waals surface area contributed by atoms with Gasteiger partial charge in [-0.25, -0.2) is 0 Å². The fourth-order valence-electron chi connectivity index (χ4n) is 4.17. The first kappa shape index (κ1) is 21.8. The Morgan fingerprint density at radius 1 is 1.06 bits per heavy atom. The van der Waals surface area contributed by atoms with Crippen LogP contribution in [0.1, 0.15) is 19.3 Å². The molecule has 2 aromatic carbocycles. The van der Waals surface area contributed by atoms with Crippen LogP contribution in [-0.4, -0.2) is 63.2 Å². The van der Waals surface area contributed by atoms with Gasteiger partial charge in [-0.1, -0.05) is 12.1 Å². The molecule has 2 aromatic rings. The maximum Gasteiger partial charge on any atom is 0.265 e. The number of benzene rings is 2. The van der Waals surface area contributed by atoms with Crippen molar-refractivity contribution in [3.05, 3.63) is 42.5 Å². The maximum absolute atomic E-state index is 13.1. The topological polar surface area (TPSA) is 80.3 Å². The fourth-order valence-corrected chi connectivity index (χ4v) is 4.17. The number of rotatable bonds is 6. The molecule has 2 amide bonds. The second kappa shape index (κ2) is 9.80. The molecule has 2 aliphatic rings. The van der Waals surface area contributed by atoms with E-state index in [0.29, 0.717) is 29.5 Å². The van der Waals surface area contributed by atoms with Crippen LogP contribution in [-0.2, 0) is 9.59 Å². The summed E-state index contributed by atoms with van der Waals surface area (Å²) in [4.78, 5) is 29.8. The van der Waals surface area contributed by atoms with Gasteiger partial charge < -0.3 is 29.3 Å². The predicted molar refractivity (Wildman–Crippen MR) is 122 cm³/mol. The lowest BCUT2D eigenvalue weighted by atomic mass is 10.1. The number of ether oxygens (including phenoxy) is 3. The molecule has 1 fully saturated rings. The van der Waals surface area contributed by atoms with Crippen molar-refractivity contribution in [1.29, 1.82) is 0 Å². The first-order valence-electron chi connectivity index (χ1n) is 10.9. The molecular formula is C24H29N3O5. The average Bonchev–Trinajstić information content (AvgIpc) is 2.84. The molecule has 0 aliphatic carbocycles. The molecule has 0 unspecified atom stereocenters. The molecule has 170 valence electrons. The number of para-hydroxylation sites is 2. The highest BCUT2D eigenvalue weighted by Crippen LogP contribution is 2.34. The molecule has 0 radical (unpaired) electrons. The van der Waals surface area contributed by atoms with Gasteiger partial charge >= 0.3 is 0 Å². The molecule has 2 aliphatic heterocycles. The first-order chi connectivity index (χ1) is 15.6. The predicted octanol–water partition coefficient (Wildman–Crippen LogP) is 2.92. The highest BCUT2D eigenvalue weighted by molar-refractivity contribution is 5.96. The molecule has 1 N–H and O–H groups in total. The summed E-state index contributed by atoms with van der Waals surface area (Å²) < 4.78 is 16.6. The Kier molecular flexibility index (Phi) is 6.68. The summed E-state index contributed by atoms with van der Waals surface area (Å²) in [5.74, 6) is 1.54. The minimum absolute atomic E-state index is 0.0126. The van der Waals surface area contributed by atoms with Gasteiger partial charge in [0.15, 0.2) is 6.10 Å². The Morgan fingerprint density at radius 3 is 2.59 bits per heavy atom. The molecule has 1 atom stereocenters. The van der Waals surface area contributed by atoms with Gasteiger partial charge in [-0.15, -0.1) is 0 Å². The summed E-state index contributed by atoms with van der Waals surface area (Å²) in [6.45, 7) is 1.93. The van der Waals surface area contributed by atoms with Crippen molar-refractivity contribution >= 4 is 23.2 Å². The van der Waals surface area contributed by atoms with Crippen LogP contribution in [0, 0.1) is 0 Å². The molecular weight excluding hydrogens is 410 g/mol. The van der Waals surface area contributed by atoms with Crippen molar-refractivity contribution in [3.8, 4) is 17.2 Å². The number of anilines is 2. The minimum Gasteiger partial charge on any atom is -0.497 e. The molecule has 8 nitrogen and oxygen atoms in total. The Morgan fingerprint density at radius 2 is 1.84 bits per heavy atom. The molecule has 0 aromatic heterocycles. The van der Waals surface area contributed by atoms with E-state index in [-0.39, 0.29) is 18.4 Å². The number of fused-ring (bicyclic) bond motifs is 1. The Hall–Kier alpha value is -3.42. The number of nitrogens with one attached hydrogen (secondary N) is 1. The highest BCUT2D eigenvalue weighted by atomic mass is 16.5. The number of methoxy groups -OCH3 is 2. The van der Waals surface area contributed by atoms with Gasteiger partial charge in [0.05, 0.1) is 38.7 Å². The number of likely N-dealkylation sites (tertiary alicyclic amines) is 1. The van der Waals surface area contributed by atoms with E-state index in [1.807, 2.05) is 34.1 Å². The van der Waals surface area contributed by atoms with Crippen molar-refractivity contribution < 1.29 is 23.8 Å². The van der Waals surface area contributed by atoms with E-state index in [9.17, 15) is 9.59 Å². The summed E-state index contributed by atoms with van der Waals surface area (Å²) in [5, 5.41) is 2.90. The van der Waals surface area contributed by atoms with Gasteiger partial charge in [0.1, 0.15) is 17.2 Å². The number of hydrogen-bond donors (Lipinski definition) is 1. The Balaban J connectivity index is 1.49. The van der Waals surface area contributed by atoms with Crippen LogP contribution < -0.4 is 24.4 Å². The standard InChI is InChI=1S/C24H29N3O5/c1-30-17-10-11-18(21(14-17)31-2)25-23(28)16-27-15-22(24(29)26-12-6-3-7-13-26)32-20-9-5-4-8-19(20)27/h4-5,8-11,14,22H,3,6-7,12-13,15-16H2,1-2H3,(H,25,28)/t22-/m1/s1. The lowest BCUT2D eigenvalue weighted by Crippen LogP contribution is -2.52. The van der Waals surface area contributed by atoms with Crippen molar-refractivity contribution in [2.75, 3.05) is 50.6 Å². The van der Waals surface area contributed by atoms with Crippen LogP contribution in [0.15, 0.2) is 42.5 Å². The number of nitrogens with zero attached hydrogens (tertiary/aromatic N) is 2. The van der Waals surface area contributed by atoms with Crippen molar-refractivity contribution in [2.45, 2.75) is 25.4 Å². The summed E-state index contributed by atoms with van der Waals surface area (Å²) >= 11 is 0. The molecule has 0 spiro atoms. The Bertz CT molecular complexity index is 974. The third kappa shape index (κ3) is 4.74. The van der Waals surface area contributed by atoms with Gasteiger partial charge in [-0.3, -0.25) is 9.59 Å². The molecule has 0 saturated carbocycles. The molecule has 1 saturated heterocycles. The lowest BCUT2D eigenvalue weighted by molar-refractivity contribution is -0.139. The van der Waals surface area contributed by atoms with E-state index in [2.05, 4.69) is 5.32 Å². The molecule has 32 heavy (non-hydrogen) atoms. The second-order valence-corrected chi connectivity index (χ2v) is 7.96. The smallest absolute Gasteiger partial charge is 0.265 e. The number of piperidine rings is 1. The zero-order valence-electron chi connectivity index (χ0n) is 18.5. The van der Waals surface area contributed by atoms with Gasteiger partial charge in [0.2, 0.25) is 5.91 Å². The first-order valence-corrected chi connectivity index (χ1v) is 10.9. The van der Waals surface area contributed by atoms with Crippen molar-refractivity contribution in [3.63, 3.8) is 0 Å². The van der Waals surface area contributed by atoms with Gasteiger partial charge in [-0.2, -0.15) is 0 Å². The van der Waals surface area contributed by atoms with Crippen LogP contribution in [0.2, 0.25) is 0 Å². The lowest BCUT2D eigenvalue weighted by Gasteiger charge is -2.38. The monoisotopic (exact) mass is 439 g/mol. The van der Waals surface area contributed by atoms with Crippen LogP contribution in [0.4, 0.5) is 11.4 Å². The molecule has 2 heterocycles. The minimum atomic E-state index is -0.633. The zero-order valence-corrected chi connectivity index (χ0v) is 18.5. The number of hydrogen-bond acceptors (Lipinski definition) is 6. The summed E-state index contributed by atoms with van der Waals surface area (Å²) in [6, 6.07) is 12.7. The highest BCUT2D eigenvalue weighted by Gasteiger charge is 2.34. The maximum atomic E-state index is 13.1. The van der Waals surface area contributed by atoms with E-state index in [4.69, 9.17) is 14.2 Å². The average molecular weight is 440 g/mol. The molecule has 4 rings (SSSR count). The quantitative estimate of drug-likeness (QED) is 0.746.